The first-order valence-corrected chi connectivity index (χ1v) is 9.10. The lowest BCUT2D eigenvalue weighted by molar-refractivity contribution is -0.158. The number of phenolic OH excluding ortho intramolecular Hbond substituents is 1. The van der Waals surface area contributed by atoms with Crippen LogP contribution in [0.3, 0.4) is 0 Å². The van der Waals surface area contributed by atoms with Crippen LogP contribution in [0.4, 0.5) is 0 Å². The molecule has 0 radical (unpaired) electrons. The third-order valence-corrected chi connectivity index (χ3v) is 6.98. The largest absolute Gasteiger partial charge is 0.508 e. The van der Waals surface area contributed by atoms with E-state index in [0.29, 0.717) is 11.8 Å². The molecule has 3 rings (SSSR count). The van der Waals surface area contributed by atoms with Crippen LogP contribution in [0.5, 0.6) is 5.75 Å². The Bertz CT molecular complexity index is 618. The number of fused-ring (bicyclic) bond motifs is 1. The number of aryl methyl sites for hydroxylation is 1. The summed E-state index contributed by atoms with van der Waals surface area (Å²) in [5.41, 5.74) is 1.25. The van der Waals surface area contributed by atoms with Crippen LogP contribution in [0.25, 0.3) is 0 Å². The van der Waals surface area contributed by atoms with Crippen molar-refractivity contribution in [3.05, 3.63) is 29.3 Å². The van der Waals surface area contributed by atoms with Crippen molar-refractivity contribution in [2.45, 2.75) is 62.6 Å². The fraction of sp³-hybridized carbons (Fsp3) is 0.700. The summed E-state index contributed by atoms with van der Waals surface area (Å²) in [6.45, 7) is 5.23. The number of hydrogen-bond acceptors (Lipinski definition) is 4. The number of aliphatic hydroxyl groups is 1. The van der Waals surface area contributed by atoms with E-state index in [9.17, 15) is 10.2 Å². The Hall–Kier alpha value is -1.10. The summed E-state index contributed by atoms with van der Waals surface area (Å²) < 4.78 is 0. The van der Waals surface area contributed by atoms with Gasteiger partial charge in [-0.1, -0.05) is 6.07 Å². The molecule has 0 aromatic heterocycles. The maximum absolute atomic E-state index is 11.9. The summed E-state index contributed by atoms with van der Waals surface area (Å²) in [6, 6.07) is 6.20. The molecule has 1 saturated carbocycles. The van der Waals surface area contributed by atoms with E-state index in [-0.39, 0.29) is 11.5 Å². The zero-order chi connectivity index (χ0) is 17.7. The molecule has 4 nitrogen and oxygen atoms in total. The third-order valence-electron chi connectivity index (χ3n) is 6.98. The van der Waals surface area contributed by atoms with Crippen LogP contribution >= 0.6 is 0 Å². The van der Waals surface area contributed by atoms with Gasteiger partial charge in [0.15, 0.2) is 0 Å². The summed E-state index contributed by atoms with van der Waals surface area (Å²) >= 11 is 0. The first kappa shape index (κ1) is 17.7. The summed E-state index contributed by atoms with van der Waals surface area (Å²) in [4.78, 5) is 4.58. The zero-order valence-electron chi connectivity index (χ0n) is 15.7. The molecule has 0 amide bonds. The van der Waals surface area contributed by atoms with Crippen molar-refractivity contribution in [3.63, 3.8) is 0 Å². The monoisotopic (exact) mass is 332 g/mol. The van der Waals surface area contributed by atoms with Gasteiger partial charge in [0.2, 0.25) is 0 Å². The van der Waals surface area contributed by atoms with Crippen LogP contribution in [0.1, 0.15) is 43.7 Å². The molecular formula is C20H32N2O2. The zero-order valence-corrected chi connectivity index (χ0v) is 15.7. The molecule has 2 N–H and O–H groups in total. The van der Waals surface area contributed by atoms with Gasteiger partial charge in [0.05, 0.1) is 5.60 Å². The van der Waals surface area contributed by atoms with Gasteiger partial charge >= 0.3 is 0 Å². The van der Waals surface area contributed by atoms with Crippen molar-refractivity contribution in [1.82, 2.24) is 9.80 Å². The molecule has 1 aromatic carbocycles. The second-order valence-electron chi connectivity index (χ2n) is 8.27. The highest BCUT2D eigenvalue weighted by Gasteiger charge is 2.60. The Balaban J connectivity index is 2.17. The van der Waals surface area contributed by atoms with E-state index in [2.05, 4.69) is 44.8 Å². The van der Waals surface area contributed by atoms with Gasteiger partial charge < -0.3 is 20.0 Å². The fourth-order valence-corrected chi connectivity index (χ4v) is 5.20. The Morgan fingerprint density at radius 2 is 1.96 bits per heavy atom. The Kier molecular flexibility index (Phi) is 4.44. The summed E-state index contributed by atoms with van der Waals surface area (Å²) in [7, 11) is 6.38. The number of phenols is 1. The van der Waals surface area contributed by atoms with E-state index >= 15 is 0 Å². The molecule has 134 valence electrons. The number of rotatable bonds is 2. The molecule has 0 spiro atoms. The Labute approximate surface area is 146 Å². The highest BCUT2D eigenvalue weighted by atomic mass is 16.3. The number of hydrogen-bond donors (Lipinski definition) is 2. The Morgan fingerprint density at radius 1 is 1.25 bits per heavy atom. The molecule has 24 heavy (non-hydrogen) atoms. The van der Waals surface area contributed by atoms with Crippen LogP contribution in [-0.2, 0) is 5.41 Å². The SMILES string of the molecule is Cc1ccc(O)cc1[C@]12CCN(C)[C@H](C)[C@]1(O)CC[C@@H](N(C)C)C2. The molecule has 1 saturated heterocycles. The topological polar surface area (TPSA) is 46.9 Å². The molecule has 1 aliphatic heterocycles. The van der Waals surface area contributed by atoms with Gasteiger partial charge in [-0.2, -0.15) is 0 Å². The number of piperidine rings is 1. The lowest BCUT2D eigenvalue weighted by Crippen LogP contribution is -2.70. The molecule has 1 aliphatic carbocycles. The van der Waals surface area contributed by atoms with Gasteiger partial charge in [-0.25, -0.2) is 0 Å². The van der Waals surface area contributed by atoms with E-state index in [1.54, 1.807) is 6.07 Å². The maximum Gasteiger partial charge on any atom is 0.115 e. The van der Waals surface area contributed by atoms with Crippen LogP contribution in [0.15, 0.2) is 18.2 Å². The standard InChI is InChI=1S/C20H32N2O2/c1-14-6-7-17(23)12-18(14)19-10-11-22(5)15(2)20(19,24)9-8-16(13-19)21(3)4/h6-7,12,15-16,23-24H,8-11,13H2,1-5H3/t15-,16-,19-,20-/m1/s1. The molecule has 0 bridgehead atoms. The minimum atomic E-state index is -0.759. The second-order valence-corrected chi connectivity index (χ2v) is 8.27. The van der Waals surface area contributed by atoms with Gasteiger partial charge in [-0.05, 0) is 90.5 Å². The van der Waals surface area contributed by atoms with Crippen molar-refractivity contribution in [2.75, 3.05) is 27.7 Å². The highest BCUT2D eigenvalue weighted by Crippen LogP contribution is 2.55. The van der Waals surface area contributed by atoms with Gasteiger partial charge in [0.1, 0.15) is 5.75 Å². The van der Waals surface area contributed by atoms with Gasteiger partial charge in [-0.3, -0.25) is 0 Å². The normalized spacial score (nSPS) is 37.5. The minimum Gasteiger partial charge on any atom is -0.508 e. The molecule has 1 heterocycles. The van der Waals surface area contributed by atoms with E-state index in [0.717, 1.165) is 37.8 Å². The highest BCUT2D eigenvalue weighted by molar-refractivity contribution is 5.44. The van der Waals surface area contributed by atoms with Gasteiger partial charge in [0, 0.05) is 17.5 Å². The van der Waals surface area contributed by atoms with Gasteiger partial charge in [-0.15, -0.1) is 0 Å². The van der Waals surface area contributed by atoms with E-state index in [4.69, 9.17) is 0 Å². The lowest BCUT2D eigenvalue weighted by Gasteiger charge is -2.61. The molecule has 2 aliphatic rings. The lowest BCUT2D eigenvalue weighted by atomic mass is 9.52. The summed E-state index contributed by atoms with van der Waals surface area (Å²) in [5, 5.41) is 22.0. The van der Waals surface area contributed by atoms with Gasteiger partial charge in [0.25, 0.3) is 0 Å². The molecule has 4 heteroatoms. The quantitative estimate of drug-likeness (QED) is 0.874. The number of aromatic hydroxyl groups is 1. The van der Waals surface area contributed by atoms with Crippen molar-refractivity contribution in [1.29, 1.82) is 0 Å². The van der Waals surface area contributed by atoms with Crippen molar-refractivity contribution in [3.8, 4) is 5.75 Å². The minimum absolute atomic E-state index is 0.108. The summed E-state index contributed by atoms with van der Waals surface area (Å²) in [5.74, 6) is 0.297. The van der Waals surface area contributed by atoms with Crippen LogP contribution < -0.4 is 0 Å². The van der Waals surface area contributed by atoms with Crippen LogP contribution in [0, 0.1) is 6.92 Å². The van der Waals surface area contributed by atoms with Crippen molar-refractivity contribution < 1.29 is 10.2 Å². The molecule has 2 fully saturated rings. The number of likely N-dealkylation sites (tertiary alicyclic amines) is 1. The average molecular weight is 332 g/mol. The van der Waals surface area contributed by atoms with E-state index < -0.39 is 5.60 Å². The predicted octanol–water partition coefficient (Wildman–Crippen LogP) is 2.51. The first-order chi connectivity index (χ1) is 11.2. The van der Waals surface area contributed by atoms with Crippen molar-refractivity contribution >= 4 is 0 Å². The Morgan fingerprint density at radius 3 is 2.62 bits per heavy atom. The van der Waals surface area contributed by atoms with E-state index in [1.165, 1.54) is 5.56 Å². The number of nitrogens with zero attached hydrogens (tertiary/aromatic N) is 2. The third kappa shape index (κ3) is 2.47. The molecule has 0 unspecified atom stereocenters. The molecule has 4 atom stereocenters. The fourth-order valence-electron chi connectivity index (χ4n) is 5.20. The summed E-state index contributed by atoms with van der Waals surface area (Å²) in [6.07, 6.45) is 3.69. The van der Waals surface area contributed by atoms with Crippen LogP contribution in [0.2, 0.25) is 0 Å². The van der Waals surface area contributed by atoms with Crippen molar-refractivity contribution in [2.24, 2.45) is 0 Å². The second kappa shape index (κ2) is 6.01. The molecular weight excluding hydrogens is 300 g/mol. The number of likely N-dealkylation sites (N-methyl/N-ethyl adjacent to an activating group) is 1. The first-order valence-electron chi connectivity index (χ1n) is 9.10. The van der Waals surface area contributed by atoms with Crippen LogP contribution in [-0.4, -0.2) is 65.4 Å². The smallest absolute Gasteiger partial charge is 0.115 e. The molecule has 1 aromatic rings. The average Bonchev–Trinajstić information content (AvgIpc) is 2.54. The predicted molar refractivity (Wildman–Crippen MR) is 97.5 cm³/mol. The number of benzene rings is 1. The maximum atomic E-state index is 11.9. The van der Waals surface area contributed by atoms with E-state index in [1.807, 2.05) is 12.1 Å².